The molecule has 0 radical (unpaired) electrons. The van der Waals surface area contributed by atoms with E-state index in [9.17, 15) is 0 Å². The molecule has 1 nitrogen and oxygen atoms in total. The number of rotatable bonds is 6. The Bertz CT molecular complexity index is 106. The number of nitrogens with one attached hydrogen (secondary N) is 1. The van der Waals surface area contributed by atoms with Gasteiger partial charge in [-0.1, -0.05) is 13.8 Å². The van der Waals surface area contributed by atoms with Gasteiger partial charge >= 0.3 is 0 Å². The van der Waals surface area contributed by atoms with Crippen LogP contribution in [0, 0.1) is 11.8 Å². The highest BCUT2D eigenvalue weighted by molar-refractivity contribution is 4.75. The molecule has 0 spiro atoms. The van der Waals surface area contributed by atoms with Gasteiger partial charge in [-0.25, -0.2) is 0 Å². The van der Waals surface area contributed by atoms with Crippen molar-refractivity contribution in [2.75, 3.05) is 13.1 Å². The Morgan fingerprint density at radius 2 is 2.00 bits per heavy atom. The van der Waals surface area contributed by atoms with Gasteiger partial charge in [-0.15, -0.1) is 0 Å². The molecule has 0 amide bonds. The largest absolute Gasteiger partial charge is 0.317 e. The highest BCUT2D eigenvalue weighted by Crippen LogP contribution is 2.35. The topological polar surface area (TPSA) is 12.0 Å². The molecule has 0 atom stereocenters. The second-order valence-electron chi connectivity index (χ2n) is 4.33. The number of hydrogen-bond acceptors (Lipinski definition) is 1. The molecule has 0 bridgehead atoms. The molecule has 0 aromatic carbocycles. The normalized spacial score (nSPS) is 28.5. The summed E-state index contributed by atoms with van der Waals surface area (Å²) in [5.74, 6) is 2.10. The van der Waals surface area contributed by atoms with E-state index in [1.807, 2.05) is 0 Å². The Morgan fingerprint density at radius 1 is 1.25 bits per heavy atom. The van der Waals surface area contributed by atoms with Crippen LogP contribution in [0.1, 0.15) is 46.0 Å². The van der Waals surface area contributed by atoms with E-state index in [-0.39, 0.29) is 0 Å². The summed E-state index contributed by atoms with van der Waals surface area (Å²) in [6.07, 6.45) is 7.10. The van der Waals surface area contributed by atoms with Gasteiger partial charge in [0.2, 0.25) is 0 Å². The van der Waals surface area contributed by atoms with Crippen molar-refractivity contribution in [3.05, 3.63) is 0 Å². The maximum atomic E-state index is 3.45. The second-order valence-corrected chi connectivity index (χ2v) is 4.33. The lowest BCUT2D eigenvalue weighted by Crippen LogP contribution is -2.23. The van der Waals surface area contributed by atoms with Crippen molar-refractivity contribution in [2.24, 2.45) is 11.8 Å². The third-order valence-electron chi connectivity index (χ3n) is 2.86. The SMILES string of the molecule is CCCNCCCC1CC(C)C1. The predicted octanol–water partition coefficient (Wildman–Crippen LogP) is 2.81. The fraction of sp³-hybridized carbons (Fsp3) is 1.00. The van der Waals surface area contributed by atoms with Gasteiger partial charge in [-0.2, -0.15) is 0 Å². The first kappa shape index (κ1) is 10.0. The monoisotopic (exact) mass is 169 g/mol. The molecule has 1 aliphatic carbocycles. The molecule has 1 aliphatic rings. The zero-order valence-corrected chi connectivity index (χ0v) is 8.60. The Morgan fingerprint density at radius 3 is 2.58 bits per heavy atom. The molecule has 0 saturated heterocycles. The zero-order valence-electron chi connectivity index (χ0n) is 8.60. The smallest absolute Gasteiger partial charge is 0.00488 e. The summed E-state index contributed by atoms with van der Waals surface area (Å²) in [7, 11) is 0. The molecular weight excluding hydrogens is 146 g/mol. The summed E-state index contributed by atoms with van der Waals surface area (Å²) < 4.78 is 0. The second kappa shape index (κ2) is 5.58. The minimum Gasteiger partial charge on any atom is -0.317 e. The predicted molar refractivity (Wildman–Crippen MR) is 54.3 cm³/mol. The third-order valence-corrected chi connectivity index (χ3v) is 2.86. The van der Waals surface area contributed by atoms with Crippen LogP contribution in [0.2, 0.25) is 0 Å². The van der Waals surface area contributed by atoms with Crippen molar-refractivity contribution in [1.82, 2.24) is 5.32 Å². The van der Waals surface area contributed by atoms with Gasteiger partial charge in [0, 0.05) is 0 Å². The molecule has 1 heteroatoms. The summed E-state index contributed by atoms with van der Waals surface area (Å²) in [6, 6.07) is 0. The fourth-order valence-corrected chi connectivity index (χ4v) is 2.12. The van der Waals surface area contributed by atoms with Gasteiger partial charge in [-0.3, -0.25) is 0 Å². The fourth-order valence-electron chi connectivity index (χ4n) is 2.12. The van der Waals surface area contributed by atoms with Crippen LogP contribution in [0.15, 0.2) is 0 Å². The lowest BCUT2D eigenvalue weighted by Gasteiger charge is -2.32. The Labute approximate surface area is 76.9 Å². The van der Waals surface area contributed by atoms with E-state index in [0.29, 0.717) is 0 Å². The maximum absolute atomic E-state index is 3.45. The van der Waals surface area contributed by atoms with Gasteiger partial charge in [0.15, 0.2) is 0 Å². The minimum atomic E-state index is 1.03. The first-order valence-electron chi connectivity index (χ1n) is 5.53. The average molecular weight is 169 g/mol. The molecule has 1 fully saturated rings. The van der Waals surface area contributed by atoms with E-state index in [1.54, 1.807) is 0 Å². The van der Waals surface area contributed by atoms with Crippen LogP contribution in [0.25, 0.3) is 0 Å². The summed E-state index contributed by atoms with van der Waals surface area (Å²) >= 11 is 0. The molecule has 0 aromatic heterocycles. The Hall–Kier alpha value is -0.0400. The molecule has 0 aromatic rings. The van der Waals surface area contributed by atoms with Crippen molar-refractivity contribution in [2.45, 2.75) is 46.0 Å². The molecule has 1 saturated carbocycles. The van der Waals surface area contributed by atoms with E-state index in [0.717, 1.165) is 11.8 Å². The standard InChI is InChI=1S/C11H23N/c1-3-6-12-7-4-5-11-8-10(2)9-11/h10-12H,3-9H2,1-2H3. The van der Waals surface area contributed by atoms with E-state index in [2.05, 4.69) is 19.2 Å². The van der Waals surface area contributed by atoms with Gasteiger partial charge in [0.25, 0.3) is 0 Å². The van der Waals surface area contributed by atoms with Crippen LogP contribution in [-0.2, 0) is 0 Å². The van der Waals surface area contributed by atoms with Crippen LogP contribution < -0.4 is 5.32 Å². The van der Waals surface area contributed by atoms with Crippen molar-refractivity contribution in [3.63, 3.8) is 0 Å². The number of hydrogen-bond donors (Lipinski definition) is 1. The third kappa shape index (κ3) is 3.57. The van der Waals surface area contributed by atoms with E-state index < -0.39 is 0 Å². The molecule has 12 heavy (non-hydrogen) atoms. The summed E-state index contributed by atoms with van der Waals surface area (Å²) in [5.41, 5.74) is 0. The summed E-state index contributed by atoms with van der Waals surface area (Å²) in [6.45, 7) is 7.02. The van der Waals surface area contributed by atoms with Crippen molar-refractivity contribution in [1.29, 1.82) is 0 Å². The molecule has 0 aliphatic heterocycles. The van der Waals surface area contributed by atoms with Gasteiger partial charge in [0.05, 0.1) is 0 Å². The van der Waals surface area contributed by atoms with E-state index >= 15 is 0 Å². The lowest BCUT2D eigenvalue weighted by molar-refractivity contribution is 0.196. The quantitative estimate of drug-likeness (QED) is 0.603. The van der Waals surface area contributed by atoms with Gasteiger partial charge in [-0.05, 0) is 57.0 Å². The van der Waals surface area contributed by atoms with Gasteiger partial charge in [0.1, 0.15) is 0 Å². The van der Waals surface area contributed by atoms with E-state index in [1.165, 1.54) is 45.2 Å². The van der Waals surface area contributed by atoms with Crippen molar-refractivity contribution >= 4 is 0 Å². The molecular formula is C11H23N. The van der Waals surface area contributed by atoms with Gasteiger partial charge < -0.3 is 5.32 Å². The zero-order chi connectivity index (χ0) is 8.81. The van der Waals surface area contributed by atoms with E-state index in [4.69, 9.17) is 0 Å². The van der Waals surface area contributed by atoms with Crippen LogP contribution >= 0.6 is 0 Å². The Balaban J connectivity index is 1.77. The summed E-state index contributed by atoms with van der Waals surface area (Å²) in [4.78, 5) is 0. The van der Waals surface area contributed by atoms with Crippen LogP contribution in [0.4, 0.5) is 0 Å². The first-order chi connectivity index (χ1) is 5.83. The molecule has 72 valence electrons. The minimum absolute atomic E-state index is 1.03. The van der Waals surface area contributed by atoms with Crippen molar-refractivity contribution in [3.8, 4) is 0 Å². The highest BCUT2D eigenvalue weighted by Gasteiger charge is 2.23. The molecule has 0 unspecified atom stereocenters. The van der Waals surface area contributed by atoms with Crippen molar-refractivity contribution < 1.29 is 0 Å². The van der Waals surface area contributed by atoms with Crippen LogP contribution in [0.3, 0.4) is 0 Å². The van der Waals surface area contributed by atoms with Crippen LogP contribution in [-0.4, -0.2) is 13.1 Å². The average Bonchev–Trinajstić information content (AvgIpc) is 2.00. The molecule has 0 heterocycles. The Kier molecular flexibility index (Phi) is 4.67. The summed E-state index contributed by atoms with van der Waals surface area (Å²) in [5, 5.41) is 3.45. The lowest BCUT2D eigenvalue weighted by atomic mass is 9.74. The molecule has 1 rings (SSSR count). The van der Waals surface area contributed by atoms with Crippen LogP contribution in [0.5, 0.6) is 0 Å². The maximum Gasteiger partial charge on any atom is -0.00488 e. The molecule has 1 N–H and O–H groups in total. The first-order valence-corrected chi connectivity index (χ1v) is 5.53. The highest BCUT2D eigenvalue weighted by atomic mass is 14.8.